The molecule has 0 aromatic carbocycles. The second-order valence-electron chi connectivity index (χ2n) is 6.54. The van der Waals surface area contributed by atoms with E-state index in [1.165, 1.54) is 7.11 Å². The number of esters is 1. The Morgan fingerprint density at radius 1 is 1.20 bits per heavy atom. The minimum absolute atomic E-state index is 0.113. The number of Topliss-reactive ketones (excluding diaryl/α,β-unsaturated/α-hetero) is 1. The Morgan fingerprint density at radius 3 is 2.35 bits per heavy atom. The monoisotopic (exact) mass is 284 g/mol. The van der Waals surface area contributed by atoms with Crippen molar-refractivity contribution in [3.63, 3.8) is 0 Å². The fourth-order valence-corrected chi connectivity index (χ4v) is 3.47. The lowest BCUT2D eigenvalue weighted by atomic mass is 9.58. The van der Waals surface area contributed by atoms with Crippen LogP contribution in [0.2, 0.25) is 0 Å². The third-order valence-electron chi connectivity index (χ3n) is 4.94. The van der Waals surface area contributed by atoms with E-state index in [1.807, 2.05) is 20.8 Å². The topological polar surface area (TPSA) is 61.8 Å². The molecule has 1 atom stereocenters. The highest BCUT2D eigenvalue weighted by atomic mass is 16.7. The number of carbonyl (C=O) groups is 2. The van der Waals surface area contributed by atoms with Crippen molar-refractivity contribution in [1.29, 1.82) is 0 Å². The number of ether oxygens (including phenoxy) is 3. The summed E-state index contributed by atoms with van der Waals surface area (Å²) in [5, 5.41) is 0. The van der Waals surface area contributed by atoms with E-state index in [0.29, 0.717) is 32.5 Å². The zero-order valence-electron chi connectivity index (χ0n) is 12.8. The van der Waals surface area contributed by atoms with Crippen molar-refractivity contribution in [3.05, 3.63) is 0 Å². The number of ketones is 1. The van der Waals surface area contributed by atoms with E-state index in [2.05, 4.69) is 4.74 Å². The van der Waals surface area contributed by atoms with Crippen LogP contribution in [-0.4, -0.2) is 37.9 Å². The summed E-state index contributed by atoms with van der Waals surface area (Å²) in [5.74, 6) is -0.943. The molecule has 1 heterocycles. The van der Waals surface area contributed by atoms with Gasteiger partial charge in [-0.15, -0.1) is 0 Å². The molecule has 1 saturated heterocycles. The van der Waals surface area contributed by atoms with Crippen molar-refractivity contribution in [1.82, 2.24) is 0 Å². The first-order valence-corrected chi connectivity index (χ1v) is 7.17. The molecule has 114 valence electrons. The summed E-state index contributed by atoms with van der Waals surface area (Å²) in [6.45, 7) is 6.78. The molecule has 1 spiro atoms. The third-order valence-corrected chi connectivity index (χ3v) is 4.94. The first kappa shape index (κ1) is 15.4. The summed E-state index contributed by atoms with van der Waals surface area (Å²) < 4.78 is 16.2. The Bertz CT molecular complexity index is 408. The lowest BCUT2D eigenvalue weighted by Gasteiger charge is -2.50. The van der Waals surface area contributed by atoms with Gasteiger partial charge in [-0.3, -0.25) is 9.59 Å². The van der Waals surface area contributed by atoms with Crippen LogP contribution < -0.4 is 0 Å². The summed E-state index contributed by atoms with van der Waals surface area (Å²) >= 11 is 0. The molecule has 0 radical (unpaired) electrons. The quantitative estimate of drug-likeness (QED) is 0.742. The van der Waals surface area contributed by atoms with Crippen LogP contribution in [0, 0.1) is 10.8 Å². The number of methoxy groups -OCH3 is 1. The van der Waals surface area contributed by atoms with Crippen LogP contribution in [-0.2, 0) is 23.8 Å². The van der Waals surface area contributed by atoms with E-state index in [9.17, 15) is 9.59 Å². The van der Waals surface area contributed by atoms with Crippen molar-refractivity contribution in [2.24, 2.45) is 10.8 Å². The van der Waals surface area contributed by atoms with Crippen molar-refractivity contribution in [2.75, 3.05) is 20.3 Å². The molecule has 5 nitrogen and oxygen atoms in total. The SMILES string of the molecule is COC(=O)CCC1(C)CCC2(OCCO2)C(C)(C)C1=O. The molecule has 1 unspecified atom stereocenters. The maximum Gasteiger partial charge on any atom is 0.305 e. The van der Waals surface area contributed by atoms with Gasteiger partial charge in [0.15, 0.2) is 5.79 Å². The third kappa shape index (κ3) is 2.27. The molecule has 1 saturated carbocycles. The molecular formula is C15H24O5. The van der Waals surface area contributed by atoms with Gasteiger partial charge >= 0.3 is 5.97 Å². The van der Waals surface area contributed by atoms with Gasteiger partial charge in [-0.1, -0.05) is 6.92 Å². The van der Waals surface area contributed by atoms with Crippen molar-refractivity contribution in [3.8, 4) is 0 Å². The average molecular weight is 284 g/mol. The molecule has 2 aliphatic rings. The predicted octanol–water partition coefficient (Wildman–Crippen LogP) is 2.08. The molecule has 5 heteroatoms. The largest absolute Gasteiger partial charge is 0.469 e. The highest BCUT2D eigenvalue weighted by Gasteiger charge is 2.61. The Kier molecular flexibility index (Phi) is 3.95. The van der Waals surface area contributed by atoms with Gasteiger partial charge in [0.25, 0.3) is 0 Å². The zero-order valence-corrected chi connectivity index (χ0v) is 12.8. The van der Waals surface area contributed by atoms with Crippen molar-refractivity contribution < 1.29 is 23.8 Å². The van der Waals surface area contributed by atoms with E-state index >= 15 is 0 Å². The van der Waals surface area contributed by atoms with Crippen molar-refractivity contribution in [2.45, 2.75) is 52.2 Å². The summed E-state index contributed by atoms with van der Waals surface area (Å²) in [6.07, 6.45) is 2.14. The minimum Gasteiger partial charge on any atom is -0.469 e. The number of carbonyl (C=O) groups excluding carboxylic acids is 2. The van der Waals surface area contributed by atoms with E-state index in [0.717, 1.165) is 0 Å². The summed E-state index contributed by atoms with van der Waals surface area (Å²) in [4.78, 5) is 24.3. The van der Waals surface area contributed by atoms with Crippen LogP contribution >= 0.6 is 0 Å². The molecule has 0 aromatic rings. The fourth-order valence-electron chi connectivity index (χ4n) is 3.47. The zero-order chi connectivity index (χ0) is 15.0. The number of hydrogen-bond donors (Lipinski definition) is 0. The molecule has 1 aliphatic carbocycles. The van der Waals surface area contributed by atoms with Gasteiger partial charge in [0.2, 0.25) is 0 Å². The lowest BCUT2D eigenvalue weighted by Crippen LogP contribution is -2.59. The molecule has 0 amide bonds. The van der Waals surface area contributed by atoms with Gasteiger partial charge in [0, 0.05) is 18.3 Å². The molecule has 2 rings (SSSR count). The maximum atomic E-state index is 12.9. The molecular weight excluding hydrogens is 260 g/mol. The Labute approximate surface area is 120 Å². The molecule has 1 aliphatic heterocycles. The second-order valence-corrected chi connectivity index (χ2v) is 6.54. The average Bonchev–Trinajstić information content (AvgIpc) is 2.90. The summed E-state index contributed by atoms with van der Waals surface area (Å²) in [7, 11) is 1.37. The number of hydrogen-bond acceptors (Lipinski definition) is 5. The van der Waals surface area contributed by atoms with Crippen LogP contribution in [0.5, 0.6) is 0 Å². The Balaban J connectivity index is 2.16. The smallest absolute Gasteiger partial charge is 0.305 e. The Hall–Kier alpha value is -0.940. The van der Waals surface area contributed by atoms with Gasteiger partial charge in [0.1, 0.15) is 5.78 Å². The van der Waals surface area contributed by atoms with E-state index in [1.54, 1.807) is 0 Å². The molecule has 0 N–H and O–H groups in total. The van der Waals surface area contributed by atoms with Gasteiger partial charge in [0.05, 0.1) is 25.7 Å². The van der Waals surface area contributed by atoms with Gasteiger partial charge in [-0.2, -0.15) is 0 Å². The highest BCUT2D eigenvalue weighted by molar-refractivity contribution is 5.91. The first-order chi connectivity index (χ1) is 9.27. The van der Waals surface area contributed by atoms with Gasteiger partial charge in [-0.05, 0) is 26.7 Å². The number of rotatable bonds is 3. The molecule has 2 fully saturated rings. The van der Waals surface area contributed by atoms with Gasteiger partial charge in [-0.25, -0.2) is 0 Å². The van der Waals surface area contributed by atoms with Crippen LogP contribution in [0.15, 0.2) is 0 Å². The fraction of sp³-hybridized carbons (Fsp3) is 0.867. The summed E-state index contributed by atoms with van der Waals surface area (Å²) in [6, 6.07) is 0. The van der Waals surface area contributed by atoms with Crippen LogP contribution in [0.4, 0.5) is 0 Å². The van der Waals surface area contributed by atoms with Crippen LogP contribution in [0.3, 0.4) is 0 Å². The molecule has 0 aromatic heterocycles. The van der Waals surface area contributed by atoms with Crippen molar-refractivity contribution >= 4 is 11.8 Å². The van der Waals surface area contributed by atoms with E-state index < -0.39 is 16.6 Å². The van der Waals surface area contributed by atoms with Gasteiger partial charge < -0.3 is 14.2 Å². The maximum absolute atomic E-state index is 12.9. The normalized spacial score (nSPS) is 31.5. The highest BCUT2D eigenvalue weighted by Crippen LogP contribution is 2.53. The second kappa shape index (κ2) is 5.11. The van der Waals surface area contributed by atoms with Crippen LogP contribution in [0.1, 0.15) is 46.5 Å². The molecule has 0 bridgehead atoms. The summed E-state index contributed by atoms with van der Waals surface area (Å²) in [5.41, 5.74) is -1.22. The first-order valence-electron chi connectivity index (χ1n) is 7.17. The standard InChI is InChI=1S/C15H24O5/c1-13(2)12(17)14(3,6-5-11(16)18-4)7-8-15(13)19-9-10-20-15/h5-10H2,1-4H3. The molecule has 20 heavy (non-hydrogen) atoms. The van der Waals surface area contributed by atoms with E-state index in [-0.39, 0.29) is 18.2 Å². The van der Waals surface area contributed by atoms with Crippen LogP contribution in [0.25, 0.3) is 0 Å². The minimum atomic E-state index is -0.783. The lowest BCUT2D eigenvalue weighted by molar-refractivity contribution is -0.246. The van der Waals surface area contributed by atoms with E-state index in [4.69, 9.17) is 9.47 Å². The predicted molar refractivity (Wildman–Crippen MR) is 72.0 cm³/mol. The Morgan fingerprint density at radius 2 is 1.80 bits per heavy atom.